The average molecular weight is 316 g/mol. The van der Waals surface area contributed by atoms with Gasteiger partial charge in [-0.05, 0) is 25.2 Å². The summed E-state index contributed by atoms with van der Waals surface area (Å²) in [4.78, 5) is 35.8. The second-order valence-corrected chi connectivity index (χ2v) is 5.21. The molecule has 0 unspecified atom stereocenters. The molecule has 0 heterocycles. The molecule has 0 N–H and O–H groups in total. The third-order valence-electron chi connectivity index (χ3n) is 2.93. The Bertz CT molecular complexity index is 333. The van der Waals surface area contributed by atoms with Crippen LogP contribution in [0.5, 0.6) is 0 Å². The fourth-order valence-corrected chi connectivity index (χ4v) is 1.80. The number of hydrogen-bond acceptors (Lipinski definition) is 6. The van der Waals surface area contributed by atoms with Crippen molar-refractivity contribution in [2.75, 3.05) is 19.8 Å². The first-order chi connectivity index (χ1) is 10.5. The highest BCUT2D eigenvalue weighted by atomic mass is 16.6. The van der Waals surface area contributed by atoms with Crippen LogP contribution in [0.2, 0.25) is 0 Å². The Balaban J connectivity index is 4.76. The maximum atomic E-state index is 12.1. The van der Waals surface area contributed by atoms with Crippen molar-refractivity contribution in [1.29, 1.82) is 0 Å². The third kappa shape index (κ3) is 8.00. The van der Waals surface area contributed by atoms with Crippen molar-refractivity contribution in [3.8, 4) is 0 Å². The average Bonchev–Trinajstić information content (AvgIpc) is 2.48. The van der Waals surface area contributed by atoms with Gasteiger partial charge < -0.3 is 14.2 Å². The van der Waals surface area contributed by atoms with Crippen LogP contribution in [0, 0.1) is 11.8 Å². The van der Waals surface area contributed by atoms with Gasteiger partial charge in [-0.25, -0.2) is 0 Å². The summed E-state index contributed by atoms with van der Waals surface area (Å²) in [6, 6.07) is 0. The van der Waals surface area contributed by atoms with E-state index in [-0.39, 0.29) is 19.6 Å². The maximum absolute atomic E-state index is 12.1. The summed E-state index contributed by atoms with van der Waals surface area (Å²) in [6.07, 6.45) is 2.03. The highest BCUT2D eigenvalue weighted by Gasteiger charge is 2.36. The maximum Gasteiger partial charge on any atom is 0.320 e. The number of carbonyl (C=O) groups excluding carboxylic acids is 3. The highest BCUT2D eigenvalue weighted by Crippen LogP contribution is 2.20. The Morgan fingerprint density at radius 1 is 0.773 bits per heavy atom. The van der Waals surface area contributed by atoms with Crippen molar-refractivity contribution < 1.29 is 28.6 Å². The molecule has 0 aliphatic rings. The molecule has 128 valence electrons. The van der Waals surface area contributed by atoms with Crippen LogP contribution in [0.4, 0.5) is 0 Å². The summed E-state index contributed by atoms with van der Waals surface area (Å²) in [5.74, 6) is -3.33. The van der Waals surface area contributed by atoms with Crippen molar-refractivity contribution in [3.05, 3.63) is 0 Å². The second kappa shape index (κ2) is 12.0. The Labute approximate surface area is 132 Å². The molecule has 22 heavy (non-hydrogen) atoms. The molecule has 0 radical (unpaired) electrons. The standard InChI is InChI=1S/C16H28O6/c1-5-8-20-13(17)11-12(4)14(15(18)21-9-6-2)16(19)22-10-7-3/h12,14H,5-11H2,1-4H3/t12-/m1/s1. The monoisotopic (exact) mass is 316 g/mol. The van der Waals surface area contributed by atoms with E-state index in [1.807, 2.05) is 20.8 Å². The van der Waals surface area contributed by atoms with E-state index in [1.165, 1.54) is 0 Å². The minimum absolute atomic E-state index is 0.0207. The lowest BCUT2D eigenvalue weighted by Crippen LogP contribution is -2.35. The fourth-order valence-electron chi connectivity index (χ4n) is 1.80. The number of esters is 3. The smallest absolute Gasteiger partial charge is 0.320 e. The van der Waals surface area contributed by atoms with E-state index < -0.39 is 29.7 Å². The zero-order valence-electron chi connectivity index (χ0n) is 14.1. The van der Waals surface area contributed by atoms with Crippen LogP contribution in [0.15, 0.2) is 0 Å². The van der Waals surface area contributed by atoms with Gasteiger partial charge in [-0.15, -0.1) is 0 Å². The topological polar surface area (TPSA) is 78.9 Å². The van der Waals surface area contributed by atoms with Gasteiger partial charge in [0.15, 0.2) is 5.92 Å². The molecule has 0 rings (SSSR count). The van der Waals surface area contributed by atoms with Gasteiger partial charge in [0.2, 0.25) is 0 Å². The minimum Gasteiger partial charge on any atom is -0.466 e. The predicted molar refractivity (Wildman–Crippen MR) is 81.0 cm³/mol. The van der Waals surface area contributed by atoms with Crippen LogP contribution in [-0.4, -0.2) is 37.7 Å². The van der Waals surface area contributed by atoms with Gasteiger partial charge in [0.25, 0.3) is 0 Å². The molecule has 0 saturated heterocycles. The summed E-state index contributed by atoms with van der Waals surface area (Å²) in [5, 5.41) is 0. The molecule has 6 heteroatoms. The van der Waals surface area contributed by atoms with Crippen LogP contribution in [0.25, 0.3) is 0 Å². The quantitative estimate of drug-likeness (QED) is 0.331. The number of rotatable bonds is 11. The van der Waals surface area contributed by atoms with E-state index in [1.54, 1.807) is 6.92 Å². The lowest BCUT2D eigenvalue weighted by atomic mass is 9.91. The first kappa shape index (κ1) is 20.4. The molecule has 0 amide bonds. The first-order valence-electron chi connectivity index (χ1n) is 7.96. The van der Waals surface area contributed by atoms with Gasteiger partial charge in [0, 0.05) is 6.42 Å². The molecule has 0 aromatic rings. The highest BCUT2D eigenvalue weighted by molar-refractivity contribution is 5.95. The molecule has 0 aromatic carbocycles. The Morgan fingerprint density at radius 3 is 1.59 bits per heavy atom. The Hall–Kier alpha value is -1.59. The van der Waals surface area contributed by atoms with E-state index in [2.05, 4.69) is 0 Å². The van der Waals surface area contributed by atoms with Crippen LogP contribution >= 0.6 is 0 Å². The van der Waals surface area contributed by atoms with Crippen LogP contribution in [-0.2, 0) is 28.6 Å². The molecule has 0 fully saturated rings. The molecule has 6 nitrogen and oxygen atoms in total. The zero-order chi connectivity index (χ0) is 17.0. The summed E-state index contributed by atoms with van der Waals surface area (Å²) in [6.45, 7) is 8.08. The normalized spacial score (nSPS) is 11.9. The van der Waals surface area contributed by atoms with Crippen LogP contribution < -0.4 is 0 Å². The SMILES string of the molecule is CCCOC(=O)C[C@@H](C)C(C(=O)OCCC)C(=O)OCCC. The third-order valence-corrected chi connectivity index (χ3v) is 2.93. The van der Waals surface area contributed by atoms with Crippen molar-refractivity contribution in [2.24, 2.45) is 11.8 Å². The zero-order valence-corrected chi connectivity index (χ0v) is 14.1. The van der Waals surface area contributed by atoms with Gasteiger partial charge in [-0.2, -0.15) is 0 Å². The summed E-state index contributed by atoms with van der Waals surface area (Å²) < 4.78 is 15.1. The molecule has 0 saturated carbocycles. The van der Waals surface area contributed by atoms with Crippen molar-refractivity contribution in [1.82, 2.24) is 0 Å². The molecular weight excluding hydrogens is 288 g/mol. The van der Waals surface area contributed by atoms with E-state index in [0.717, 1.165) is 6.42 Å². The second-order valence-electron chi connectivity index (χ2n) is 5.21. The van der Waals surface area contributed by atoms with E-state index >= 15 is 0 Å². The van der Waals surface area contributed by atoms with Gasteiger partial charge in [0.1, 0.15) is 0 Å². The fraction of sp³-hybridized carbons (Fsp3) is 0.812. The van der Waals surface area contributed by atoms with Crippen molar-refractivity contribution in [3.63, 3.8) is 0 Å². The van der Waals surface area contributed by atoms with E-state index in [9.17, 15) is 14.4 Å². The Morgan fingerprint density at radius 2 is 1.18 bits per heavy atom. The molecular formula is C16H28O6. The predicted octanol–water partition coefficient (Wildman–Crippen LogP) is 2.49. The van der Waals surface area contributed by atoms with Crippen LogP contribution in [0.3, 0.4) is 0 Å². The molecule has 0 aliphatic carbocycles. The summed E-state index contributed by atoms with van der Waals surface area (Å²) >= 11 is 0. The number of carbonyl (C=O) groups is 3. The number of hydrogen-bond donors (Lipinski definition) is 0. The van der Waals surface area contributed by atoms with Gasteiger partial charge in [-0.1, -0.05) is 27.7 Å². The summed E-state index contributed by atoms with van der Waals surface area (Å²) in [7, 11) is 0. The largest absolute Gasteiger partial charge is 0.466 e. The number of ether oxygens (including phenoxy) is 3. The minimum atomic E-state index is -1.09. The van der Waals surface area contributed by atoms with Gasteiger partial charge in [0.05, 0.1) is 19.8 Å². The molecule has 0 bridgehead atoms. The van der Waals surface area contributed by atoms with Crippen LogP contribution in [0.1, 0.15) is 53.4 Å². The lowest BCUT2D eigenvalue weighted by molar-refractivity contribution is -0.165. The van der Waals surface area contributed by atoms with Gasteiger partial charge >= 0.3 is 17.9 Å². The van der Waals surface area contributed by atoms with Gasteiger partial charge in [-0.3, -0.25) is 14.4 Å². The van der Waals surface area contributed by atoms with Crippen molar-refractivity contribution in [2.45, 2.75) is 53.4 Å². The van der Waals surface area contributed by atoms with E-state index in [0.29, 0.717) is 19.4 Å². The molecule has 0 spiro atoms. The molecule has 1 atom stereocenters. The summed E-state index contributed by atoms with van der Waals surface area (Å²) in [5.41, 5.74) is 0. The lowest BCUT2D eigenvalue weighted by Gasteiger charge is -2.20. The molecule has 0 aliphatic heterocycles. The van der Waals surface area contributed by atoms with E-state index in [4.69, 9.17) is 14.2 Å². The Kier molecular flexibility index (Phi) is 11.1. The van der Waals surface area contributed by atoms with Crippen molar-refractivity contribution >= 4 is 17.9 Å². The molecule has 0 aromatic heterocycles. The first-order valence-corrected chi connectivity index (χ1v) is 7.96.